The molecule has 0 saturated carbocycles. The molecule has 0 aliphatic carbocycles. The van der Waals surface area contributed by atoms with Crippen molar-refractivity contribution < 1.29 is 4.74 Å². The number of halogens is 2. The summed E-state index contributed by atoms with van der Waals surface area (Å²) in [6.45, 7) is 1.28. The van der Waals surface area contributed by atoms with Crippen LogP contribution in [0.4, 0.5) is 0 Å². The van der Waals surface area contributed by atoms with E-state index in [4.69, 9.17) is 33.7 Å². The lowest BCUT2D eigenvalue weighted by Gasteiger charge is -2.08. The van der Waals surface area contributed by atoms with Gasteiger partial charge in [-0.1, -0.05) is 29.3 Å². The number of hydrogen-bond donors (Lipinski definition) is 1. The maximum atomic E-state index is 5.91. The van der Waals surface area contributed by atoms with Gasteiger partial charge in [0.2, 0.25) is 0 Å². The first-order chi connectivity index (χ1) is 6.75. The van der Waals surface area contributed by atoms with Crippen LogP contribution in [0.15, 0.2) is 18.2 Å². The van der Waals surface area contributed by atoms with Crippen LogP contribution < -0.4 is 10.5 Å². The summed E-state index contributed by atoms with van der Waals surface area (Å²) in [6, 6.07) is 5.30. The van der Waals surface area contributed by atoms with Crippen LogP contribution in [0.5, 0.6) is 5.75 Å². The van der Waals surface area contributed by atoms with Crippen molar-refractivity contribution in [2.75, 3.05) is 13.2 Å². The number of nitrogens with two attached hydrogens (primary N) is 1. The van der Waals surface area contributed by atoms with Crippen LogP contribution in [-0.2, 0) is 0 Å². The molecule has 1 aromatic rings. The molecule has 2 nitrogen and oxygen atoms in total. The zero-order valence-corrected chi connectivity index (χ0v) is 9.31. The Morgan fingerprint density at radius 2 is 1.79 bits per heavy atom. The van der Waals surface area contributed by atoms with E-state index in [0.717, 1.165) is 12.8 Å². The summed E-state index contributed by atoms with van der Waals surface area (Å²) >= 11 is 11.8. The van der Waals surface area contributed by atoms with Crippen molar-refractivity contribution in [2.45, 2.75) is 12.8 Å². The van der Waals surface area contributed by atoms with E-state index in [9.17, 15) is 0 Å². The highest BCUT2D eigenvalue weighted by Crippen LogP contribution is 2.32. The van der Waals surface area contributed by atoms with Crippen LogP contribution in [0.2, 0.25) is 10.0 Å². The topological polar surface area (TPSA) is 35.2 Å². The smallest absolute Gasteiger partial charge is 0.156 e. The molecule has 0 atom stereocenters. The van der Waals surface area contributed by atoms with E-state index < -0.39 is 0 Å². The minimum absolute atomic E-state index is 0.547. The summed E-state index contributed by atoms with van der Waals surface area (Å²) in [5.74, 6) is 0.563. The monoisotopic (exact) mass is 233 g/mol. The fraction of sp³-hybridized carbons (Fsp3) is 0.400. The van der Waals surface area contributed by atoms with Crippen molar-refractivity contribution in [1.29, 1.82) is 0 Å². The first-order valence-electron chi connectivity index (χ1n) is 4.52. The van der Waals surface area contributed by atoms with Gasteiger partial charge in [-0.05, 0) is 31.5 Å². The van der Waals surface area contributed by atoms with Gasteiger partial charge in [0.1, 0.15) is 0 Å². The molecule has 0 saturated heterocycles. The molecule has 0 heterocycles. The van der Waals surface area contributed by atoms with E-state index in [0.29, 0.717) is 28.9 Å². The van der Waals surface area contributed by atoms with Gasteiger partial charge in [0.25, 0.3) is 0 Å². The van der Waals surface area contributed by atoms with Gasteiger partial charge in [-0.3, -0.25) is 0 Å². The zero-order chi connectivity index (χ0) is 10.4. The summed E-state index contributed by atoms with van der Waals surface area (Å²) in [5, 5.41) is 1.09. The van der Waals surface area contributed by atoms with Crippen LogP contribution in [0.3, 0.4) is 0 Å². The van der Waals surface area contributed by atoms with E-state index in [2.05, 4.69) is 0 Å². The van der Waals surface area contributed by atoms with Crippen molar-refractivity contribution in [3.05, 3.63) is 28.2 Å². The van der Waals surface area contributed by atoms with Crippen molar-refractivity contribution in [2.24, 2.45) is 5.73 Å². The highest BCUT2D eigenvalue weighted by atomic mass is 35.5. The Morgan fingerprint density at radius 1 is 1.14 bits per heavy atom. The highest BCUT2D eigenvalue weighted by Gasteiger charge is 2.05. The standard InChI is InChI=1S/C10H13Cl2NO/c11-8-4-3-5-9(12)10(8)14-7-2-1-6-13/h3-5H,1-2,6-7,13H2. The molecule has 0 amide bonds. The molecule has 78 valence electrons. The fourth-order valence-corrected chi connectivity index (χ4v) is 1.55. The molecule has 0 aromatic heterocycles. The summed E-state index contributed by atoms with van der Waals surface area (Å²) in [5.41, 5.74) is 5.36. The van der Waals surface area contributed by atoms with Gasteiger partial charge in [0, 0.05) is 0 Å². The van der Waals surface area contributed by atoms with Gasteiger partial charge >= 0.3 is 0 Å². The second-order valence-electron chi connectivity index (χ2n) is 2.90. The van der Waals surface area contributed by atoms with Crippen molar-refractivity contribution in [3.8, 4) is 5.75 Å². The number of para-hydroxylation sites is 1. The predicted molar refractivity (Wildman–Crippen MR) is 60.2 cm³/mol. The molecule has 0 bridgehead atoms. The molecule has 0 fully saturated rings. The minimum atomic E-state index is 0.547. The second kappa shape index (κ2) is 6.12. The molecule has 1 aromatic carbocycles. The molecule has 1 rings (SSSR count). The van der Waals surface area contributed by atoms with Crippen LogP contribution in [0.1, 0.15) is 12.8 Å². The molecule has 0 spiro atoms. The lowest BCUT2D eigenvalue weighted by Crippen LogP contribution is -2.03. The van der Waals surface area contributed by atoms with Gasteiger partial charge in [0.15, 0.2) is 5.75 Å². The van der Waals surface area contributed by atoms with Crippen molar-refractivity contribution >= 4 is 23.2 Å². The first kappa shape index (κ1) is 11.6. The maximum absolute atomic E-state index is 5.91. The Hall–Kier alpha value is -0.440. The van der Waals surface area contributed by atoms with Gasteiger partial charge in [-0.15, -0.1) is 0 Å². The molecule has 0 aliphatic heterocycles. The number of rotatable bonds is 5. The summed E-state index contributed by atoms with van der Waals surface area (Å²) in [6.07, 6.45) is 1.86. The third-order valence-electron chi connectivity index (χ3n) is 1.76. The van der Waals surface area contributed by atoms with Crippen molar-refractivity contribution in [1.82, 2.24) is 0 Å². The molecular formula is C10H13Cl2NO. The van der Waals surface area contributed by atoms with Gasteiger partial charge in [0.05, 0.1) is 16.7 Å². The third-order valence-corrected chi connectivity index (χ3v) is 2.36. The molecule has 2 N–H and O–H groups in total. The van der Waals surface area contributed by atoms with Crippen LogP contribution in [-0.4, -0.2) is 13.2 Å². The summed E-state index contributed by atoms with van der Waals surface area (Å²) in [4.78, 5) is 0. The fourth-order valence-electron chi connectivity index (χ4n) is 1.04. The van der Waals surface area contributed by atoms with E-state index in [1.807, 2.05) is 0 Å². The Bertz CT molecular complexity index is 271. The molecule has 14 heavy (non-hydrogen) atoms. The quantitative estimate of drug-likeness (QED) is 0.794. The average Bonchev–Trinajstić information content (AvgIpc) is 2.16. The van der Waals surface area contributed by atoms with Crippen LogP contribution in [0.25, 0.3) is 0 Å². The first-order valence-corrected chi connectivity index (χ1v) is 5.28. The molecule has 0 unspecified atom stereocenters. The van der Waals surface area contributed by atoms with E-state index in [1.165, 1.54) is 0 Å². The highest BCUT2D eigenvalue weighted by molar-refractivity contribution is 6.37. The minimum Gasteiger partial charge on any atom is -0.490 e. The SMILES string of the molecule is NCCCCOc1c(Cl)cccc1Cl. The van der Waals surface area contributed by atoms with E-state index in [-0.39, 0.29) is 0 Å². The number of hydrogen-bond acceptors (Lipinski definition) is 2. The lowest BCUT2D eigenvalue weighted by molar-refractivity contribution is 0.308. The van der Waals surface area contributed by atoms with Crippen LogP contribution in [0, 0.1) is 0 Å². The van der Waals surface area contributed by atoms with E-state index in [1.54, 1.807) is 18.2 Å². The van der Waals surface area contributed by atoms with Gasteiger partial charge in [-0.2, -0.15) is 0 Å². The molecule has 0 radical (unpaired) electrons. The number of benzene rings is 1. The summed E-state index contributed by atoms with van der Waals surface area (Å²) < 4.78 is 5.45. The van der Waals surface area contributed by atoms with Gasteiger partial charge in [-0.25, -0.2) is 0 Å². The zero-order valence-electron chi connectivity index (χ0n) is 7.80. The molecule has 0 aliphatic rings. The number of unbranched alkanes of at least 4 members (excludes halogenated alkanes) is 1. The largest absolute Gasteiger partial charge is 0.490 e. The Balaban J connectivity index is 2.49. The Labute approximate surface area is 94.0 Å². The third kappa shape index (κ3) is 3.37. The predicted octanol–water partition coefficient (Wildman–Crippen LogP) is 3.11. The number of ether oxygens (including phenoxy) is 1. The maximum Gasteiger partial charge on any atom is 0.156 e. The van der Waals surface area contributed by atoms with Crippen LogP contribution >= 0.6 is 23.2 Å². The average molecular weight is 234 g/mol. The lowest BCUT2D eigenvalue weighted by atomic mass is 10.3. The molecular weight excluding hydrogens is 221 g/mol. The second-order valence-corrected chi connectivity index (χ2v) is 3.71. The molecule has 4 heteroatoms. The van der Waals surface area contributed by atoms with Gasteiger partial charge < -0.3 is 10.5 Å². The van der Waals surface area contributed by atoms with Crippen molar-refractivity contribution in [3.63, 3.8) is 0 Å². The Kier molecular flexibility index (Phi) is 5.09. The Morgan fingerprint density at radius 3 is 2.36 bits per heavy atom. The van der Waals surface area contributed by atoms with E-state index >= 15 is 0 Å². The normalized spacial score (nSPS) is 10.2. The summed E-state index contributed by atoms with van der Waals surface area (Å²) in [7, 11) is 0.